The minimum absolute atomic E-state index is 0.372. The van der Waals surface area contributed by atoms with Crippen LogP contribution in [-0.2, 0) is 6.18 Å². The second kappa shape index (κ2) is 9.28. The smallest absolute Gasteiger partial charge is 0.416 e. The normalized spacial score (nSPS) is 12.3. The molecule has 0 bridgehead atoms. The molecule has 3 rings (SSSR count). The number of ether oxygens (including phenoxy) is 1. The molecule has 0 saturated heterocycles. The van der Waals surface area contributed by atoms with Crippen molar-refractivity contribution in [3.05, 3.63) is 102 Å². The van der Waals surface area contributed by atoms with Gasteiger partial charge in [-0.05, 0) is 53.9 Å². The van der Waals surface area contributed by atoms with Gasteiger partial charge in [-0.3, -0.25) is 0 Å². The standard InChI is InChI=1S/C22H16F3NOS/c23-22(24,25)17-11-13-20(14-12-17)28-16-15-21(26-18-7-3-1-4-8-18)27-19-9-5-2-6-10-19/h1-16H. The van der Waals surface area contributed by atoms with Crippen molar-refractivity contribution in [2.75, 3.05) is 0 Å². The molecule has 3 aromatic carbocycles. The second-order valence-electron chi connectivity index (χ2n) is 5.64. The Labute approximate surface area is 165 Å². The van der Waals surface area contributed by atoms with E-state index < -0.39 is 11.7 Å². The molecular formula is C22H16F3NOS. The van der Waals surface area contributed by atoms with Gasteiger partial charge in [0.1, 0.15) is 5.75 Å². The zero-order valence-corrected chi connectivity index (χ0v) is 15.5. The van der Waals surface area contributed by atoms with E-state index in [2.05, 4.69) is 4.99 Å². The molecule has 0 aliphatic heterocycles. The lowest BCUT2D eigenvalue weighted by Gasteiger charge is -2.07. The van der Waals surface area contributed by atoms with Crippen LogP contribution in [0.3, 0.4) is 0 Å². The summed E-state index contributed by atoms with van der Waals surface area (Å²) in [5.41, 5.74) is 0.0668. The van der Waals surface area contributed by atoms with Crippen LogP contribution in [0.25, 0.3) is 0 Å². The van der Waals surface area contributed by atoms with Gasteiger partial charge in [-0.1, -0.05) is 48.2 Å². The number of thioether (sulfide) groups is 1. The topological polar surface area (TPSA) is 21.6 Å². The number of aliphatic imine (C=N–C) groups is 1. The molecule has 3 aromatic rings. The predicted molar refractivity (Wildman–Crippen MR) is 107 cm³/mol. The fraction of sp³-hybridized carbons (Fsp3) is 0.0455. The minimum atomic E-state index is -4.34. The van der Waals surface area contributed by atoms with E-state index >= 15 is 0 Å². The van der Waals surface area contributed by atoms with Gasteiger partial charge in [-0.25, -0.2) is 4.99 Å². The average molecular weight is 399 g/mol. The van der Waals surface area contributed by atoms with Crippen molar-refractivity contribution in [1.82, 2.24) is 0 Å². The Kier molecular flexibility index (Phi) is 6.55. The Morgan fingerprint density at radius 1 is 0.821 bits per heavy atom. The number of hydrogen-bond acceptors (Lipinski definition) is 3. The number of benzene rings is 3. The van der Waals surface area contributed by atoms with Crippen molar-refractivity contribution < 1.29 is 17.9 Å². The van der Waals surface area contributed by atoms with Gasteiger partial charge in [0.15, 0.2) is 0 Å². The quantitative estimate of drug-likeness (QED) is 0.259. The van der Waals surface area contributed by atoms with Gasteiger partial charge in [0.05, 0.1) is 11.3 Å². The average Bonchev–Trinajstić information content (AvgIpc) is 2.69. The molecular weight excluding hydrogens is 383 g/mol. The highest BCUT2D eigenvalue weighted by Crippen LogP contribution is 2.31. The molecule has 0 N–H and O–H groups in total. The Bertz CT molecular complexity index is 937. The maximum atomic E-state index is 12.6. The number of halogens is 3. The van der Waals surface area contributed by atoms with Gasteiger partial charge in [-0.2, -0.15) is 13.2 Å². The van der Waals surface area contributed by atoms with Crippen LogP contribution in [0.1, 0.15) is 5.56 Å². The first-order chi connectivity index (χ1) is 13.5. The lowest BCUT2D eigenvalue weighted by atomic mass is 10.2. The maximum absolute atomic E-state index is 12.6. The molecule has 0 unspecified atom stereocenters. The molecule has 6 heteroatoms. The lowest BCUT2D eigenvalue weighted by molar-refractivity contribution is -0.137. The van der Waals surface area contributed by atoms with E-state index in [4.69, 9.17) is 4.74 Å². The van der Waals surface area contributed by atoms with Gasteiger partial charge >= 0.3 is 6.18 Å². The largest absolute Gasteiger partial charge is 0.439 e. The van der Waals surface area contributed by atoms with Crippen LogP contribution in [0.15, 0.2) is 106 Å². The van der Waals surface area contributed by atoms with Gasteiger partial charge in [-0.15, -0.1) is 0 Å². The van der Waals surface area contributed by atoms with Crippen LogP contribution in [0.2, 0.25) is 0 Å². The number of para-hydroxylation sites is 2. The van der Waals surface area contributed by atoms with E-state index in [0.717, 1.165) is 17.8 Å². The van der Waals surface area contributed by atoms with Crippen molar-refractivity contribution in [2.24, 2.45) is 4.99 Å². The minimum Gasteiger partial charge on any atom is -0.439 e. The van der Waals surface area contributed by atoms with E-state index in [9.17, 15) is 13.2 Å². The molecule has 2 nitrogen and oxygen atoms in total. The second-order valence-corrected chi connectivity index (χ2v) is 6.62. The molecule has 0 amide bonds. The molecule has 0 aliphatic rings. The Hall–Kier alpha value is -2.99. The first kappa shape index (κ1) is 19.8. The molecule has 142 valence electrons. The molecule has 0 radical (unpaired) electrons. The molecule has 0 aliphatic carbocycles. The molecule has 0 saturated carbocycles. The highest BCUT2D eigenvalue weighted by atomic mass is 32.2. The summed E-state index contributed by atoms with van der Waals surface area (Å²) in [5, 5.41) is 1.73. The van der Waals surface area contributed by atoms with E-state index in [1.165, 1.54) is 23.9 Å². The zero-order valence-electron chi connectivity index (χ0n) is 14.6. The van der Waals surface area contributed by atoms with Crippen molar-refractivity contribution >= 4 is 23.3 Å². The van der Waals surface area contributed by atoms with E-state index in [-0.39, 0.29) is 0 Å². The molecule has 0 fully saturated rings. The summed E-state index contributed by atoms with van der Waals surface area (Å²) >= 11 is 1.28. The number of nitrogens with zero attached hydrogens (tertiary/aromatic N) is 1. The predicted octanol–water partition coefficient (Wildman–Crippen LogP) is 7.12. The molecule has 0 heterocycles. The Morgan fingerprint density at radius 3 is 2.04 bits per heavy atom. The molecule has 28 heavy (non-hydrogen) atoms. The summed E-state index contributed by atoms with van der Waals surface area (Å²) < 4.78 is 43.7. The van der Waals surface area contributed by atoms with Crippen molar-refractivity contribution in [2.45, 2.75) is 11.1 Å². The van der Waals surface area contributed by atoms with Crippen molar-refractivity contribution in [1.29, 1.82) is 0 Å². The van der Waals surface area contributed by atoms with Crippen LogP contribution < -0.4 is 4.74 Å². The summed E-state index contributed by atoms with van der Waals surface area (Å²) in [7, 11) is 0. The van der Waals surface area contributed by atoms with Crippen LogP contribution in [-0.4, -0.2) is 5.90 Å². The highest BCUT2D eigenvalue weighted by Gasteiger charge is 2.29. The van der Waals surface area contributed by atoms with E-state index in [1.54, 1.807) is 11.5 Å². The summed E-state index contributed by atoms with van der Waals surface area (Å²) in [5.74, 6) is 1.01. The van der Waals surface area contributed by atoms with Gasteiger partial charge < -0.3 is 4.74 Å². The summed E-state index contributed by atoms with van der Waals surface area (Å²) in [6.07, 6.45) is -2.65. The third-order valence-electron chi connectivity index (χ3n) is 3.56. The highest BCUT2D eigenvalue weighted by molar-refractivity contribution is 8.02. The van der Waals surface area contributed by atoms with Gasteiger partial charge in [0.25, 0.3) is 0 Å². The zero-order chi connectivity index (χ0) is 19.8. The summed E-state index contributed by atoms with van der Waals surface area (Å²) in [4.78, 5) is 5.16. The maximum Gasteiger partial charge on any atom is 0.416 e. The molecule has 0 aromatic heterocycles. The molecule has 0 spiro atoms. The third-order valence-corrected chi connectivity index (χ3v) is 4.37. The van der Waals surface area contributed by atoms with Crippen LogP contribution in [0, 0.1) is 0 Å². The molecule has 0 atom stereocenters. The first-order valence-electron chi connectivity index (χ1n) is 8.38. The van der Waals surface area contributed by atoms with Crippen molar-refractivity contribution in [3.8, 4) is 5.75 Å². The number of hydrogen-bond donors (Lipinski definition) is 0. The van der Waals surface area contributed by atoms with Crippen molar-refractivity contribution in [3.63, 3.8) is 0 Å². The first-order valence-corrected chi connectivity index (χ1v) is 9.26. The SMILES string of the molecule is FC(F)(F)c1ccc(SC=CC(=Nc2ccccc2)Oc2ccccc2)cc1. The van der Waals surface area contributed by atoms with Crippen LogP contribution in [0.5, 0.6) is 5.75 Å². The Morgan fingerprint density at radius 2 is 1.43 bits per heavy atom. The third kappa shape index (κ3) is 6.03. The summed E-state index contributed by atoms with van der Waals surface area (Å²) in [6.45, 7) is 0. The monoisotopic (exact) mass is 399 g/mol. The van der Waals surface area contributed by atoms with E-state index in [0.29, 0.717) is 16.5 Å². The fourth-order valence-corrected chi connectivity index (χ4v) is 2.86. The summed E-state index contributed by atoms with van der Waals surface area (Å²) in [6, 6.07) is 23.6. The van der Waals surface area contributed by atoms with Gasteiger partial charge in [0, 0.05) is 11.0 Å². The van der Waals surface area contributed by atoms with E-state index in [1.807, 2.05) is 60.7 Å². The number of alkyl halides is 3. The lowest BCUT2D eigenvalue weighted by Crippen LogP contribution is -2.04. The number of rotatable bonds is 5. The fourth-order valence-electron chi connectivity index (χ4n) is 2.23. The van der Waals surface area contributed by atoms with Crippen LogP contribution in [0.4, 0.5) is 18.9 Å². The Balaban J connectivity index is 1.74. The van der Waals surface area contributed by atoms with Crippen LogP contribution >= 0.6 is 11.8 Å². The van der Waals surface area contributed by atoms with Gasteiger partial charge in [0.2, 0.25) is 5.90 Å².